The number of methoxy groups -OCH3 is 1. The average Bonchev–Trinajstić information content (AvgIpc) is 2.75. The van der Waals surface area contributed by atoms with Gasteiger partial charge in [-0.3, -0.25) is 4.79 Å². The Morgan fingerprint density at radius 3 is 2.53 bits per heavy atom. The third-order valence-electron chi connectivity index (χ3n) is 2.85. The van der Waals surface area contributed by atoms with E-state index in [1.807, 2.05) is 0 Å². The SMILES string of the molecule is COc1ccc(C(=O)N2CC[C@H](N)C2)cc1.Cl. The van der Waals surface area contributed by atoms with Gasteiger partial charge in [0.2, 0.25) is 0 Å². The maximum atomic E-state index is 12.0. The summed E-state index contributed by atoms with van der Waals surface area (Å²) in [5, 5.41) is 0. The number of hydrogen-bond acceptors (Lipinski definition) is 3. The number of halogens is 1. The van der Waals surface area contributed by atoms with Crippen LogP contribution < -0.4 is 10.5 Å². The van der Waals surface area contributed by atoms with Gasteiger partial charge in [0, 0.05) is 24.7 Å². The maximum absolute atomic E-state index is 12.0. The van der Waals surface area contributed by atoms with E-state index in [4.69, 9.17) is 10.5 Å². The van der Waals surface area contributed by atoms with E-state index >= 15 is 0 Å². The van der Waals surface area contributed by atoms with Crippen LogP contribution in [0.3, 0.4) is 0 Å². The van der Waals surface area contributed by atoms with Gasteiger partial charge in [-0.1, -0.05) is 0 Å². The summed E-state index contributed by atoms with van der Waals surface area (Å²) in [5.74, 6) is 0.810. The minimum Gasteiger partial charge on any atom is -0.497 e. The van der Waals surface area contributed by atoms with Crippen molar-refractivity contribution in [2.24, 2.45) is 5.73 Å². The zero-order chi connectivity index (χ0) is 11.5. The van der Waals surface area contributed by atoms with E-state index < -0.39 is 0 Å². The molecule has 1 aromatic carbocycles. The predicted octanol–water partition coefficient (Wildman–Crippen LogP) is 1.29. The Morgan fingerprint density at radius 1 is 1.41 bits per heavy atom. The molecule has 0 spiro atoms. The lowest BCUT2D eigenvalue weighted by Crippen LogP contribution is -2.31. The van der Waals surface area contributed by atoms with E-state index in [1.54, 1.807) is 36.3 Å². The number of carbonyl (C=O) groups is 1. The minimum absolute atomic E-state index is 0. The molecule has 1 aliphatic rings. The van der Waals surface area contributed by atoms with Crippen LogP contribution in [0.15, 0.2) is 24.3 Å². The summed E-state index contributed by atoms with van der Waals surface area (Å²) in [4.78, 5) is 13.8. The number of hydrogen-bond donors (Lipinski definition) is 1. The van der Waals surface area contributed by atoms with Crippen molar-refractivity contribution in [1.82, 2.24) is 4.90 Å². The summed E-state index contributed by atoms with van der Waals surface area (Å²) < 4.78 is 5.05. The van der Waals surface area contributed by atoms with Crippen LogP contribution in [-0.4, -0.2) is 37.0 Å². The van der Waals surface area contributed by atoms with Crippen molar-refractivity contribution < 1.29 is 9.53 Å². The normalized spacial score (nSPS) is 18.7. The van der Waals surface area contributed by atoms with E-state index in [-0.39, 0.29) is 24.4 Å². The molecule has 1 amide bonds. The van der Waals surface area contributed by atoms with Gasteiger partial charge in [0.15, 0.2) is 0 Å². The summed E-state index contributed by atoms with van der Waals surface area (Å²) in [6, 6.07) is 7.28. The molecule has 2 N–H and O–H groups in total. The van der Waals surface area contributed by atoms with Crippen molar-refractivity contribution in [2.75, 3.05) is 20.2 Å². The largest absolute Gasteiger partial charge is 0.497 e. The average molecular weight is 257 g/mol. The molecule has 1 saturated heterocycles. The number of nitrogens with zero attached hydrogens (tertiary/aromatic N) is 1. The van der Waals surface area contributed by atoms with Crippen LogP contribution in [0.1, 0.15) is 16.8 Å². The van der Waals surface area contributed by atoms with Crippen LogP contribution in [-0.2, 0) is 0 Å². The standard InChI is InChI=1S/C12H16N2O2.ClH/c1-16-11-4-2-9(3-5-11)12(15)14-7-6-10(13)8-14;/h2-5,10H,6-8,13H2,1H3;1H/t10-;/m0./s1. The number of benzene rings is 1. The topological polar surface area (TPSA) is 55.6 Å². The molecule has 1 fully saturated rings. The highest BCUT2D eigenvalue weighted by atomic mass is 35.5. The molecule has 0 radical (unpaired) electrons. The molecule has 0 bridgehead atoms. The van der Waals surface area contributed by atoms with E-state index in [0.717, 1.165) is 18.7 Å². The summed E-state index contributed by atoms with van der Waals surface area (Å²) >= 11 is 0. The molecule has 1 aliphatic heterocycles. The van der Waals surface area contributed by atoms with Crippen LogP contribution in [0.4, 0.5) is 0 Å². The second-order valence-corrected chi connectivity index (χ2v) is 4.03. The van der Waals surface area contributed by atoms with Gasteiger partial charge in [0.1, 0.15) is 5.75 Å². The van der Waals surface area contributed by atoms with Crippen LogP contribution in [0, 0.1) is 0 Å². The number of rotatable bonds is 2. The number of carbonyl (C=O) groups excluding carboxylic acids is 1. The third-order valence-corrected chi connectivity index (χ3v) is 2.85. The highest BCUT2D eigenvalue weighted by molar-refractivity contribution is 5.94. The Hall–Kier alpha value is -1.26. The lowest BCUT2D eigenvalue weighted by molar-refractivity contribution is 0.0791. The van der Waals surface area contributed by atoms with E-state index in [1.165, 1.54) is 0 Å². The van der Waals surface area contributed by atoms with Gasteiger partial charge < -0.3 is 15.4 Å². The molecular formula is C12H17ClN2O2. The molecule has 5 heteroatoms. The van der Waals surface area contributed by atoms with Crippen LogP contribution >= 0.6 is 12.4 Å². The maximum Gasteiger partial charge on any atom is 0.253 e. The highest BCUT2D eigenvalue weighted by Gasteiger charge is 2.24. The van der Waals surface area contributed by atoms with Crippen LogP contribution in [0.5, 0.6) is 5.75 Å². The van der Waals surface area contributed by atoms with Crippen molar-refractivity contribution in [1.29, 1.82) is 0 Å². The zero-order valence-electron chi connectivity index (χ0n) is 9.76. The Balaban J connectivity index is 0.00000144. The highest BCUT2D eigenvalue weighted by Crippen LogP contribution is 2.15. The zero-order valence-corrected chi connectivity index (χ0v) is 10.6. The fourth-order valence-electron chi connectivity index (χ4n) is 1.89. The molecule has 1 atom stereocenters. The van der Waals surface area contributed by atoms with Gasteiger partial charge in [-0.25, -0.2) is 0 Å². The van der Waals surface area contributed by atoms with Crippen molar-refractivity contribution in [3.8, 4) is 5.75 Å². The molecular weight excluding hydrogens is 240 g/mol. The molecule has 0 aliphatic carbocycles. The van der Waals surface area contributed by atoms with Gasteiger partial charge >= 0.3 is 0 Å². The van der Waals surface area contributed by atoms with Crippen molar-refractivity contribution in [3.63, 3.8) is 0 Å². The fourth-order valence-corrected chi connectivity index (χ4v) is 1.89. The molecule has 2 rings (SSSR count). The Labute approximate surface area is 107 Å². The first-order chi connectivity index (χ1) is 7.70. The van der Waals surface area contributed by atoms with Gasteiger partial charge in [0.05, 0.1) is 7.11 Å². The van der Waals surface area contributed by atoms with Gasteiger partial charge in [-0.05, 0) is 30.7 Å². The lowest BCUT2D eigenvalue weighted by Gasteiger charge is -2.15. The molecule has 0 unspecified atom stereocenters. The smallest absolute Gasteiger partial charge is 0.253 e. The van der Waals surface area contributed by atoms with Crippen molar-refractivity contribution in [3.05, 3.63) is 29.8 Å². The number of nitrogens with two attached hydrogens (primary N) is 1. The molecule has 4 nitrogen and oxygen atoms in total. The van der Waals surface area contributed by atoms with E-state index in [0.29, 0.717) is 12.1 Å². The third kappa shape index (κ3) is 3.11. The first kappa shape index (κ1) is 13.8. The second kappa shape index (κ2) is 5.89. The van der Waals surface area contributed by atoms with Crippen LogP contribution in [0.2, 0.25) is 0 Å². The Morgan fingerprint density at radius 2 is 2.06 bits per heavy atom. The fraction of sp³-hybridized carbons (Fsp3) is 0.417. The second-order valence-electron chi connectivity index (χ2n) is 4.03. The molecule has 94 valence electrons. The predicted molar refractivity (Wildman–Crippen MR) is 68.7 cm³/mol. The van der Waals surface area contributed by atoms with Crippen molar-refractivity contribution >= 4 is 18.3 Å². The molecule has 1 heterocycles. The minimum atomic E-state index is 0. The lowest BCUT2D eigenvalue weighted by atomic mass is 10.2. The molecule has 17 heavy (non-hydrogen) atoms. The molecule has 0 aromatic heterocycles. The van der Waals surface area contributed by atoms with Gasteiger partial charge in [0.25, 0.3) is 5.91 Å². The first-order valence-electron chi connectivity index (χ1n) is 5.39. The number of likely N-dealkylation sites (tertiary alicyclic amines) is 1. The van der Waals surface area contributed by atoms with Crippen LogP contribution in [0.25, 0.3) is 0 Å². The van der Waals surface area contributed by atoms with Crippen molar-refractivity contribution in [2.45, 2.75) is 12.5 Å². The van der Waals surface area contributed by atoms with Gasteiger partial charge in [-0.15, -0.1) is 12.4 Å². The quantitative estimate of drug-likeness (QED) is 0.868. The van der Waals surface area contributed by atoms with E-state index in [2.05, 4.69) is 0 Å². The monoisotopic (exact) mass is 256 g/mol. The van der Waals surface area contributed by atoms with Gasteiger partial charge in [-0.2, -0.15) is 0 Å². The molecule has 0 saturated carbocycles. The number of amides is 1. The first-order valence-corrected chi connectivity index (χ1v) is 5.39. The summed E-state index contributed by atoms with van der Waals surface area (Å²) in [6.45, 7) is 1.41. The number of ether oxygens (including phenoxy) is 1. The Bertz CT molecular complexity index is 381. The summed E-state index contributed by atoms with van der Waals surface area (Å²) in [6.07, 6.45) is 0.891. The van der Waals surface area contributed by atoms with E-state index in [9.17, 15) is 4.79 Å². The summed E-state index contributed by atoms with van der Waals surface area (Å²) in [7, 11) is 1.61. The Kier molecular flexibility index (Phi) is 4.78. The summed E-state index contributed by atoms with van der Waals surface area (Å²) in [5.41, 5.74) is 6.46. The molecule has 1 aromatic rings.